The smallest absolute Gasteiger partial charge is 0.0534 e. The second-order valence-electron chi connectivity index (χ2n) is 5.74. The van der Waals surface area contributed by atoms with Crippen LogP contribution >= 0.6 is 11.3 Å². The minimum Gasteiger partial charge on any atom is -0.309 e. The minimum atomic E-state index is 0.601. The van der Waals surface area contributed by atoms with Gasteiger partial charge in [-0.25, -0.2) is 0 Å². The van der Waals surface area contributed by atoms with Gasteiger partial charge < -0.3 is 5.32 Å². The summed E-state index contributed by atoms with van der Waals surface area (Å²) in [5.74, 6) is 0. The summed E-state index contributed by atoms with van der Waals surface area (Å²) in [6, 6.07) is 4.98. The third-order valence-electron chi connectivity index (χ3n) is 4.07. The molecule has 0 aliphatic carbocycles. The van der Waals surface area contributed by atoms with Gasteiger partial charge in [-0.2, -0.15) is 5.10 Å². The fourth-order valence-electron chi connectivity index (χ4n) is 2.92. The van der Waals surface area contributed by atoms with Gasteiger partial charge in [0.15, 0.2) is 0 Å². The van der Waals surface area contributed by atoms with Gasteiger partial charge in [0.05, 0.1) is 6.20 Å². The minimum absolute atomic E-state index is 0.601. The zero-order valence-electron chi connectivity index (χ0n) is 12.7. The van der Waals surface area contributed by atoms with Gasteiger partial charge in [-0.3, -0.25) is 9.58 Å². The summed E-state index contributed by atoms with van der Waals surface area (Å²) >= 11 is 1.86. The standard InChI is InChI=1S/C16H24N4S/c1-2-20-11-14(10-18-20)9-17-15-5-3-7-19(12-15)13-16-6-4-8-21-16/h4,6,8,10-11,15,17H,2-3,5,7,9,12-13H2,1H3. The van der Waals surface area contributed by atoms with Crippen LogP contribution < -0.4 is 5.32 Å². The molecule has 0 aromatic carbocycles. The number of aromatic nitrogens is 2. The fraction of sp³-hybridized carbons (Fsp3) is 0.562. The second-order valence-corrected chi connectivity index (χ2v) is 6.77. The van der Waals surface area contributed by atoms with Crippen molar-refractivity contribution in [1.82, 2.24) is 20.0 Å². The molecule has 0 saturated carbocycles. The van der Waals surface area contributed by atoms with Crippen LogP contribution in [0.5, 0.6) is 0 Å². The second kappa shape index (κ2) is 7.20. The molecule has 1 aliphatic heterocycles. The number of thiophene rings is 1. The molecule has 0 bridgehead atoms. The lowest BCUT2D eigenvalue weighted by Crippen LogP contribution is -2.44. The first-order chi connectivity index (χ1) is 10.3. The molecule has 1 N–H and O–H groups in total. The first-order valence-corrected chi connectivity index (χ1v) is 8.71. The number of rotatable bonds is 6. The molecule has 1 atom stereocenters. The van der Waals surface area contributed by atoms with E-state index in [0.717, 1.165) is 26.2 Å². The van der Waals surface area contributed by atoms with Gasteiger partial charge in [0.25, 0.3) is 0 Å². The van der Waals surface area contributed by atoms with E-state index in [0.29, 0.717) is 6.04 Å². The van der Waals surface area contributed by atoms with Crippen molar-refractivity contribution in [3.8, 4) is 0 Å². The largest absolute Gasteiger partial charge is 0.309 e. The molecule has 1 aliphatic rings. The molecule has 0 radical (unpaired) electrons. The van der Waals surface area contributed by atoms with Crippen LogP contribution in [-0.4, -0.2) is 33.8 Å². The van der Waals surface area contributed by atoms with Crippen molar-refractivity contribution in [2.45, 2.75) is 45.4 Å². The highest BCUT2D eigenvalue weighted by molar-refractivity contribution is 7.09. The first kappa shape index (κ1) is 14.8. The summed E-state index contributed by atoms with van der Waals surface area (Å²) < 4.78 is 1.99. The van der Waals surface area contributed by atoms with E-state index < -0.39 is 0 Å². The van der Waals surface area contributed by atoms with E-state index in [2.05, 4.69) is 45.9 Å². The Morgan fingerprint density at radius 1 is 1.48 bits per heavy atom. The lowest BCUT2D eigenvalue weighted by Gasteiger charge is -2.32. The highest BCUT2D eigenvalue weighted by Crippen LogP contribution is 2.17. The number of likely N-dealkylation sites (tertiary alicyclic amines) is 1. The molecule has 2 aromatic rings. The highest BCUT2D eigenvalue weighted by atomic mass is 32.1. The van der Waals surface area contributed by atoms with Crippen LogP contribution in [-0.2, 0) is 19.6 Å². The maximum Gasteiger partial charge on any atom is 0.0534 e. The van der Waals surface area contributed by atoms with Crippen LogP contribution in [0, 0.1) is 0 Å². The summed E-state index contributed by atoms with van der Waals surface area (Å²) in [6.45, 7) is 7.47. The van der Waals surface area contributed by atoms with Crippen LogP contribution in [0.1, 0.15) is 30.2 Å². The van der Waals surface area contributed by atoms with Gasteiger partial charge in [0, 0.05) is 48.9 Å². The predicted octanol–water partition coefficient (Wildman–Crippen LogP) is 2.72. The average Bonchev–Trinajstić information content (AvgIpc) is 3.17. The Labute approximate surface area is 130 Å². The van der Waals surface area contributed by atoms with E-state index in [1.165, 1.54) is 29.8 Å². The molecular weight excluding hydrogens is 280 g/mol. The Morgan fingerprint density at radius 2 is 2.43 bits per heavy atom. The molecule has 21 heavy (non-hydrogen) atoms. The third kappa shape index (κ3) is 4.15. The maximum absolute atomic E-state index is 4.33. The molecule has 3 rings (SSSR count). The number of hydrogen-bond acceptors (Lipinski definition) is 4. The topological polar surface area (TPSA) is 33.1 Å². The van der Waals surface area contributed by atoms with E-state index in [1.807, 2.05) is 22.2 Å². The van der Waals surface area contributed by atoms with Gasteiger partial charge in [-0.1, -0.05) is 6.07 Å². The molecule has 1 unspecified atom stereocenters. The zero-order valence-corrected chi connectivity index (χ0v) is 13.5. The van der Waals surface area contributed by atoms with Gasteiger partial charge in [0.2, 0.25) is 0 Å². The predicted molar refractivity (Wildman–Crippen MR) is 87.4 cm³/mol. The molecule has 2 aromatic heterocycles. The molecule has 0 spiro atoms. The molecule has 1 fully saturated rings. The van der Waals surface area contributed by atoms with E-state index >= 15 is 0 Å². The van der Waals surface area contributed by atoms with E-state index in [-0.39, 0.29) is 0 Å². The van der Waals surface area contributed by atoms with Crippen LogP contribution in [0.25, 0.3) is 0 Å². The summed E-state index contributed by atoms with van der Waals surface area (Å²) in [4.78, 5) is 4.04. The van der Waals surface area contributed by atoms with Crippen molar-refractivity contribution in [3.63, 3.8) is 0 Å². The van der Waals surface area contributed by atoms with E-state index in [4.69, 9.17) is 0 Å². The lowest BCUT2D eigenvalue weighted by atomic mass is 10.1. The highest BCUT2D eigenvalue weighted by Gasteiger charge is 2.19. The normalized spacial score (nSPS) is 20.0. The number of piperidine rings is 1. The zero-order chi connectivity index (χ0) is 14.5. The van der Waals surface area contributed by atoms with Gasteiger partial charge >= 0.3 is 0 Å². The molecule has 4 nitrogen and oxygen atoms in total. The van der Waals surface area contributed by atoms with Crippen molar-refractivity contribution in [2.75, 3.05) is 13.1 Å². The number of hydrogen-bond donors (Lipinski definition) is 1. The maximum atomic E-state index is 4.33. The van der Waals surface area contributed by atoms with Crippen LogP contribution in [0.3, 0.4) is 0 Å². The Morgan fingerprint density at radius 3 is 3.19 bits per heavy atom. The number of nitrogens with zero attached hydrogens (tertiary/aromatic N) is 3. The van der Waals surface area contributed by atoms with Gasteiger partial charge in [-0.15, -0.1) is 11.3 Å². The molecular formula is C16H24N4S. The molecule has 3 heterocycles. The van der Waals surface area contributed by atoms with Crippen molar-refractivity contribution >= 4 is 11.3 Å². The summed E-state index contributed by atoms with van der Waals surface area (Å²) in [5, 5.41) is 10.2. The SMILES string of the molecule is CCn1cc(CNC2CCCN(Cc3cccs3)C2)cn1. The van der Waals surface area contributed by atoms with Crippen LogP contribution in [0.2, 0.25) is 0 Å². The first-order valence-electron chi connectivity index (χ1n) is 7.83. The van der Waals surface area contributed by atoms with Crippen molar-refractivity contribution in [1.29, 1.82) is 0 Å². The average molecular weight is 304 g/mol. The monoisotopic (exact) mass is 304 g/mol. The van der Waals surface area contributed by atoms with E-state index in [9.17, 15) is 0 Å². The third-order valence-corrected chi connectivity index (χ3v) is 4.93. The summed E-state index contributed by atoms with van der Waals surface area (Å²) in [7, 11) is 0. The van der Waals surface area contributed by atoms with Crippen LogP contribution in [0.15, 0.2) is 29.9 Å². The Balaban J connectivity index is 1.47. The van der Waals surface area contributed by atoms with Gasteiger partial charge in [-0.05, 0) is 37.8 Å². The summed E-state index contributed by atoms with van der Waals surface area (Å²) in [6.07, 6.45) is 6.68. The molecule has 0 amide bonds. The van der Waals surface area contributed by atoms with Crippen LogP contribution in [0.4, 0.5) is 0 Å². The Hall–Kier alpha value is -1.17. The van der Waals surface area contributed by atoms with Gasteiger partial charge in [0.1, 0.15) is 0 Å². The van der Waals surface area contributed by atoms with Crippen molar-refractivity contribution in [3.05, 3.63) is 40.3 Å². The number of aryl methyl sites for hydroxylation is 1. The van der Waals surface area contributed by atoms with Crippen molar-refractivity contribution in [2.24, 2.45) is 0 Å². The quantitative estimate of drug-likeness (QED) is 0.891. The lowest BCUT2D eigenvalue weighted by molar-refractivity contribution is 0.184. The Bertz CT molecular complexity index is 534. The van der Waals surface area contributed by atoms with E-state index in [1.54, 1.807) is 0 Å². The molecule has 1 saturated heterocycles. The van der Waals surface area contributed by atoms with Crippen molar-refractivity contribution < 1.29 is 0 Å². The molecule has 114 valence electrons. The summed E-state index contributed by atoms with van der Waals surface area (Å²) in [5.41, 5.74) is 1.28. The Kier molecular flexibility index (Phi) is 5.06. The molecule has 5 heteroatoms. The number of nitrogens with one attached hydrogen (secondary N) is 1. The fourth-order valence-corrected chi connectivity index (χ4v) is 3.67.